The topological polar surface area (TPSA) is 67.6 Å². The zero-order chi connectivity index (χ0) is 13.8. The number of nitrogens with one attached hydrogen (secondary N) is 1. The number of likely N-dealkylation sites (N-methyl/N-ethyl adjacent to an activating group) is 1. The van der Waals surface area contributed by atoms with Crippen LogP contribution in [0.15, 0.2) is 18.2 Å². The van der Waals surface area contributed by atoms with Gasteiger partial charge in [-0.2, -0.15) is 0 Å². The summed E-state index contributed by atoms with van der Waals surface area (Å²) in [7, 11) is 3.59. The number of carbonyl (C=O) groups is 1. The smallest absolute Gasteiger partial charge is 0.251 e. The van der Waals surface area contributed by atoms with E-state index in [2.05, 4.69) is 10.2 Å². The average molecular weight is 263 g/mol. The van der Waals surface area contributed by atoms with Crippen molar-refractivity contribution in [1.82, 2.24) is 5.32 Å². The van der Waals surface area contributed by atoms with Crippen LogP contribution in [-0.2, 0) is 4.74 Å². The van der Waals surface area contributed by atoms with E-state index in [0.717, 1.165) is 31.7 Å². The molecule has 1 aliphatic heterocycles. The standard InChI is InChI=1S/C14H21N3O2/c1-16-14(18)10-5-6-12(15)13(8-10)17(2)9-11-4-3-7-19-11/h5-6,8,11H,3-4,7,9,15H2,1-2H3,(H,16,18). The number of amides is 1. The summed E-state index contributed by atoms with van der Waals surface area (Å²) in [5.74, 6) is -0.105. The molecule has 5 heteroatoms. The van der Waals surface area contributed by atoms with E-state index in [4.69, 9.17) is 10.5 Å². The summed E-state index contributed by atoms with van der Waals surface area (Å²) in [6.07, 6.45) is 2.46. The molecule has 1 amide bonds. The molecule has 0 aromatic heterocycles. The van der Waals surface area contributed by atoms with E-state index in [-0.39, 0.29) is 12.0 Å². The van der Waals surface area contributed by atoms with Crippen LogP contribution in [0.3, 0.4) is 0 Å². The van der Waals surface area contributed by atoms with Crippen LogP contribution < -0.4 is 16.0 Å². The third kappa shape index (κ3) is 3.17. The number of anilines is 2. The van der Waals surface area contributed by atoms with Crippen molar-refractivity contribution in [2.45, 2.75) is 18.9 Å². The zero-order valence-corrected chi connectivity index (χ0v) is 11.5. The highest BCUT2D eigenvalue weighted by molar-refractivity contribution is 5.96. The molecule has 1 heterocycles. The van der Waals surface area contributed by atoms with E-state index in [1.807, 2.05) is 13.1 Å². The first-order valence-electron chi connectivity index (χ1n) is 6.56. The van der Waals surface area contributed by atoms with Gasteiger partial charge in [0, 0.05) is 32.8 Å². The van der Waals surface area contributed by atoms with Gasteiger partial charge in [-0.05, 0) is 31.0 Å². The normalized spacial score (nSPS) is 18.3. The average Bonchev–Trinajstić information content (AvgIpc) is 2.91. The predicted octanol–water partition coefficient (Wildman–Crippen LogP) is 1.24. The van der Waals surface area contributed by atoms with Crippen molar-refractivity contribution >= 4 is 17.3 Å². The Hall–Kier alpha value is -1.75. The number of hydrogen-bond acceptors (Lipinski definition) is 4. The number of ether oxygens (including phenoxy) is 1. The van der Waals surface area contributed by atoms with Gasteiger partial charge in [0.1, 0.15) is 0 Å². The minimum atomic E-state index is -0.105. The van der Waals surface area contributed by atoms with Crippen LogP contribution >= 0.6 is 0 Å². The van der Waals surface area contributed by atoms with E-state index >= 15 is 0 Å². The minimum absolute atomic E-state index is 0.105. The molecular formula is C14H21N3O2. The van der Waals surface area contributed by atoms with Crippen LogP contribution in [0.5, 0.6) is 0 Å². The molecule has 1 aromatic rings. The fourth-order valence-electron chi connectivity index (χ4n) is 2.35. The van der Waals surface area contributed by atoms with Gasteiger partial charge >= 0.3 is 0 Å². The largest absolute Gasteiger partial charge is 0.397 e. The Morgan fingerprint density at radius 1 is 1.58 bits per heavy atom. The van der Waals surface area contributed by atoms with Gasteiger partial charge in [0.05, 0.1) is 17.5 Å². The first-order valence-corrected chi connectivity index (χ1v) is 6.56. The third-order valence-corrected chi connectivity index (χ3v) is 3.43. The molecule has 0 saturated carbocycles. The van der Waals surface area contributed by atoms with Crippen molar-refractivity contribution in [2.24, 2.45) is 0 Å². The van der Waals surface area contributed by atoms with Crippen molar-refractivity contribution in [3.8, 4) is 0 Å². The fourth-order valence-corrected chi connectivity index (χ4v) is 2.35. The Labute approximate surface area is 113 Å². The molecule has 19 heavy (non-hydrogen) atoms. The molecule has 0 aliphatic carbocycles. The van der Waals surface area contributed by atoms with Crippen molar-refractivity contribution < 1.29 is 9.53 Å². The van der Waals surface area contributed by atoms with Crippen molar-refractivity contribution in [2.75, 3.05) is 37.9 Å². The first-order chi connectivity index (χ1) is 9.11. The maximum atomic E-state index is 11.6. The van der Waals surface area contributed by atoms with E-state index in [9.17, 15) is 4.79 Å². The molecule has 1 fully saturated rings. The van der Waals surface area contributed by atoms with Gasteiger partial charge in [-0.15, -0.1) is 0 Å². The molecule has 2 rings (SSSR count). The Bertz CT molecular complexity index is 456. The summed E-state index contributed by atoms with van der Waals surface area (Å²) in [5.41, 5.74) is 8.15. The quantitative estimate of drug-likeness (QED) is 0.802. The zero-order valence-electron chi connectivity index (χ0n) is 11.5. The van der Waals surface area contributed by atoms with Gasteiger partial charge in [0.15, 0.2) is 0 Å². The van der Waals surface area contributed by atoms with Crippen LogP contribution in [-0.4, -0.2) is 39.3 Å². The summed E-state index contributed by atoms with van der Waals surface area (Å²) in [5, 5.41) is 2.62. The molecule has 1 atom stereocenters. The Morgan fingerprint density at radius 2 is 2.37 bits per heavy atom. The molecule has 0 radical (unpaired) electrons. The summed E-state index contributed by atoms with van der Waals surface area (Å²) < 4.78 is 5.62. The van der Waals surface area contributed by atoms with Crippen LogP contribution in [0.1, 0.15) is 23.2 Å². The number of benzene rings is 1. The Balaban J connectivity index is 2.14. The molecule has 5 nitrogen and oxygen atoms in total. The van der Waals surface area contributed by atoms with Crippen LogP contribution in [0.25, 0.3) is 0 Å². The van der Waals surface area contributed by atoms with Gasteiger partial charge in [-0.25, -0.2) is 0 Å². The third-order valence-electron chi connectivity index (χ3n) is 3.43. The van der Waals surface area contributed by atoms with Gasteiger partial charge in [0.25, 0.3) is 5.91 Å². The second-order valence-electron chi connectivity index (χ2n) is 4.87. The maximum absolute atomic E-state index is 11.6. The molecule has 104 valence electrons. The lowest BCUT2D eigenvalue weighted by Crippen LogP contribution is -2.29. The van der Waals surface area contributed by atoms with Crippen molar-refractivity contribution in [3.63, 3.8) is 0 Å². The summed E-state index contributed by atoms with van der Waals surface area (Å²) in [6.45, 7) is 1.63. The molecule has 1 aromatic carbocycles. The molecule has 0 spiro atoms. The predicted molar refractivity (Wildman–Crippen MR) is 76.5 cm³/mol. The van der Waals surface area contributed by atoms with E-state index in [1.165, 1.54) is 0 Å². The van der Waals surface area contributed by atoms with Gasteiger partial charge in [0.2, 0.25) is 0 Å². The van der Waals surface area contributed by atoms with E-state index < -0.39 is 0 Å². The lowest BCUT2D eigenvalue weighted by molar-refractivity contribution is 0.0963. The summed E-state index contributed by atoms with van der Waals surface area (Å²) in [6, 6.07) is 5.33. The summed E-state index contributed by atoms with van der Waals surface area (Å²) >= 11 is 0. The van der Waals surface area contributed by atoms with Crippen molar-refractivity contribution in [1.29, 1.82) is 0 Å². The highest BCUT2D eigenvalue weighted by atomic mass is 16.5. The highest BCUT2D eigenvalue weighted by Gasteiger charge is 2.19. The number of hydrogen-bond donors (Lipinski definition) is 2. The lowest BCUT2D eigenvalue weighted by atomic mass is 10.1. The van der Waals surface area contributed by atoms with Crippen LogP contribution in [0, 0.1) is 0 Å². The second-order valence-corrected chi connectivity index (χ2v) is 4.87. The lowest BCUT2D eigenvalue weighted by Gasteiger charge is -2.24. The second kappa shape index (κ2) is 5.93. The highest BCUT2D eigenvalue weighted by Crippen LogP contribution is 2.25. The van der Waals surface area contributed by atoms with Gasteiger partial charge in [-0.1, -0.05) is 0 Å². The first kappa shape index (κ1) is 13.7. The fraction of sp³-hybridized carbons (Fsp3) is 0.500. The number of nitrogen functional groups attached to an aromatic ring is 1. The van der Waals surface area contributed by atoms with Crippen LogP contribution in [0.2, 0.25) is 0 Å². The monoisotopic (exact) mass is 263 g/mol. The number of nitrogens with zero attached hydrogens (tertiary/aromatic N) is 1. The SMILES string of the molecule is CNC(=O)c1ccc(N)c(N(C)CC2CCCO2)c1. The maximum Gasteiger partial charge on any atom is 0.251 e. The molecule has 1 unspecified atom stereocenters. The Morgan fingerprint density at radius 3 is 3.00 bits per heavy atom. The van der Waals surface area contributed by atoms with E-state index in [0.29, 0.717) is 11.3 Å². The number of carbonyl (C=O) groups excluding carboxylic acids is 1. The van der Waals surface area contributed by atoms with Gasteiger partial charge < -0.3 is 20.7 Å². The number of nitrogens with two attached hydrogens (primary N) is 1. The summed E-state index contributed by atoms with van der Waals surface area (Å²) in [4.78, 5) is 13.7. The van der Waals surface area contributed by atoms with E-state index in [1.54, 1.807) is 19.2 Å². The molecule has 3 N–H and O–H groups in total. The van der Waals surface area contributed by atoms with Crippen LogP contribution in [0.4, 0.5) is 11.4 Å². The number of rotatable bonds is 4. The Kier molecular flexibility index (Phi) is 4.27. The molecule has 0 bridgehead atoms. The van der Waals surface area contributed by atoms with Gasteiger partial charge in [-0.3, -0.25) is 4.79 Å². The van der Waals surface area contributed by atoms with Crippen molar-refractivity contribution in [3.05, 3.63) is 23.8 Å². The minimum Gasteiger partial charge on any atom is -0.397 e. The molecular weight excluding hydrogens is 242 g/mol. The molecule has 1 saturated heterocycles. The molecule has 1 aliphatic rings.